The summed E-state index contributed by atoms with van der Waals surface area (Å²) >= 11 is 0. The van der Waals surface area contributed by atoms with E-state index in [2.05, 4.69) is 9.71 Å². The quantitative estimate of drug-likeness (QED) is 0.858. The number of hydrogen-bond donors (Lipinski definition) is 2. The summed E-state index contributed by atoms with van der Waals surface area (Å²) in [6, 6.07) is 5.53. The highest BCUT2D eigenvalue weighted by Gasteiger charge is 2.15. The molecule has 3 N–H and O–H groups in total. The highest BCUT2D eigenvalue weighted by Crippen LogP contribution is 2.14. The Labute approximate surface area is 122 Å². The van der Waals surface area contributed by atoms with Crippen molar-refractivity contribution in [1.29, 1.82) is 0 Å². The third-order valence-corrected chi connectivity index (χ3v) is 4.14. The minimum Gasteiger partial charge on any atom is -0.384 e. The van der Waals surface area contributed by atoms with Crippen LogP contribution in [0.15, 0.2) is 46.3 Å². The number of nitrogen functional groups attached to an aromatic ring is 1. The number of aryl methyl sites for hydroxylation is 1. The molecule has 2 aromatic rings. The Morgan fingerprint density at radius 3 is 2.67 bits per heavy atom. The van der Waals surface area contributed by atoms with Crippen molar-refractivity contribution in [2.75, 3.05) is 10.5 Å². The largest absolute Gasteiger partial charge is 0.384 e. The van der Waals surface area contributed by atoms with Crippen molar-refractivity contribution >= 4 is 21.5 Å². The Morgan fingerprint density at radius 1 is 1.29 bits per heavy atom. The molecule has 21 heavy (non-hydrogen) atoms. The second-order valence-corrected chi connectivity index (χ2v) is 6.16. The molecule has 2 aromatic heterocycles. The average Bonchev–Trinajstić information content (AvgIpc) is 2.43. The molecular weight excluding hydrogens is 292 g/mol. The molecule has 112 valence electrons. The predicted octanol–water partition coefficient (Wildman–Crippen LogP) is 1.04. The summed E-state index contributed by atoms with van der Waals surface area (Å²) in [5.41, 5.74) is 5.58. The van der Waals surface area contributed by atoms with Gasteiger partial charge in [-0.3, -0.25) is 9.52 Å². The van der Waals surface area contributed by atoms with Crippen molar-refractivity contribution in [3.8, 4) is 0 Å². The van der Waals surface area contributed by atoms with Gasteiger partial charge in [-0.2, -0.15) is 0 Å². The zero-order valence-electron chi connectivity index (χ0n) is 11.5. The van der Waals surface area contributed by atoms with Gasteiger partial charge in [0.05, 0.1) is 5.69 Å². The van der Waals surface area contributed by atoms with Gasteiger partial charge >= 0.3 is 0 Å². The molecule has 0 amide bonds. The zero-order valence-corrected chi connectivity index (χ0v) is 12.3. The van der Waals surface area contributed by atoms with E-state index < -0.39 is 10.0 Å². The van der Waals surface area contributed by atoms with Gasteiger partial charge in [-0.15, -0.1) is 0 Å². The maximum atomic E-state index is 12.2. The molecule has 0 atom stereocenters. The lowest BCUT2D eigenvalue weighted by atomic mass is 10.4. The molecule has 2 heterocycles. The number of aromatic nitrogens is 2. The molecule has 0 aliphatic carbocycles. The molecule has 0 aromatic carbocycles. The lowest BCUT2D eigenvalue weighted by Crippen LogP contribution is -2.20. The third kappa shape index (κ3) is 3.60. The summed E-state index contributed by atoms with van der Waals surface area (Å²) in [5.74, 6) is 0.241. The van der Waals surface area contributed by atoms with Crippen LogP contribution in [-0.2, 0) is 16.6 Å². The van der Waals surface area contributed by atoms with Crippen LogP contribution in [0.1, 0.15) is 13.3 Å². The maximum absolute atomic E-state index is 12.2. The third-order valence-electron chi connectivity index (χ3n) is 2.77. The van der Waals surface area contributed by atoms with Gasteiger partial charge in [0, 0.05) is 25.0 Å². The maximum Gasteiger partial charge on any atom is 0.263 e. The van der Waals surface area contributed by atoms with Gasteiger partial charge in [0.25, 0.3) is 15.6 Å². The van der Waals surface area contributed by atoms with Crippen molar-refractivity contribution in [2.45, 2.75) is 24.8 Å². The van der Waals surface area contributed by atoms with E-state index in [9.17, 15) is 13.2 Å². The number of anilines is 2. The lowest BCUT2D eigenvalue weighted by molar-refractivity contribution is 0.600. The first-order chi connectivity index (χ1) is 9.92. The van der Waals surface area contributed by atoms with Crippen LogP contribution in [0.2, 0.25) is 0 Å². The zero-order chi connectivity index (χ0) is 15.5. The van der Waals surface area contributed by atoms with E-state index in [1.54, 1.807) is 0 Å². The molecule has 0 saturated carbocycles. The first-order valence-electron chi connectivity index (χ1n) is 6.37. The Balaban J connectivity index is 2.30. The van der Waals surface area contributed by atoms with E-state index in [4.69, 9.17) is 5.73 Å². The topological polar surface area (TPSA) is 107 Å². The molecule has 0 saturated heterocycles. The summed E-state index contributed by atoms with van der Waals surface area (Å²) in [5, 5.41) is 0. The van der Waals surface area contributed by atoms with E-state index >= 15 is 0 Å². The van der Waals surface area contributed by atoms with Crippen LogP contribution in [0.5, 0.6) is 0 Å². The van der Waals surface area contributed by atoms with Crippen LogP contribution in [-0.4, -0.2) is 18.0 Å². The van der Waals surface area contributed by atoms with Gasteiger partial charge in [0.2, 0.25) is 0 Å². The minimum absolute atomic E-state index is 0.00458. The number of sulfonamides is 1. The molecule has 0 spiro atoms. The first kappa shape index (κ1) is 15.0. The van der Waals surface area contributed by atoms with Crippen molar-refractivity contribution < 1.29 is 8.42 Å². The normalized spacial score (nSPS) is 11.3. The van der Waals surface area contributed by atoms with Crippen molar-refractivity contribution in [1.82, 2.24) is 9.55 Å². The molecule has 0 fully saturated rings. The van der Waals surface area contributed by atoms with Crippen molar-refractivity contribution in [2.24, 2.45) is 0 Å². The number of nitrogens with zero attached hydrogens (tertiary/aromatic N) is 2. The lowest BCUT2D eigenvalue weighted by Gasteiger charge is -2.10. The molecule has 0 aliphatic heterocycles. The van der Waals surface area contributed by atoms with Gasteiger partial charge in [0.15, 0.2) is 0 Å². The molecular formula is C13H16N4O3S. The summed E-state index contributed by atoms with van der Waals surface area (Å²) in [6.45, 7) is 2.46. The first-order valence-corrected chi connectivity index (χ1v) is 7.85. The van der Waals surface area contributed by atoms with Crippen molar-refractivity contribution in [3.05, 3.63) is 47.0 Å². The molecule has 7 nitrogen and oxygen atoms in total. The van der Waals surface area contributed by atoms with Crippen LogP contribution in [0.25, 0.3) is 0 Å². The van der Waals surface area contributed by atoms with Crippen LogP contribution in [0, 0.1) is 0 Å². The summed E-state index contributed by atoms with van der Waals surface area (Å²) in [4.78, 5) is 15.4. The van der Waals surface area contributed by atoms with Crippen molar-refractivity contribution in [3.63, 3.8) is 0 Å². The number of pyridine rings is 2. The van der Waals surface area contributed by atoms with Gasteiger partial charge in [-0.05, 0) is 24.6 Å². The highest BCUT2D eigenvalue weighted by atomic mass is 32.2. The van der Waals surface area contributed by atoms with Gasteiger partial charge in [-0.1, -0.05) is 6.92 Å². The van der Waals surface area contributed by atoms with E-state index in [1.807, 2.05) is 6.92 Å². The second-order valence-electron chi connectivity index (χ2n) is 4.47. The fourth-order valence-electron chi connectivity index (χ4n) is 1.77. The number of nitrogens with two attached hydrogens (primary N) is 1. The molecule has 0 radical (unpaired) electrons. The van der Waals surface area contributed by atoms with Gasteiger partial charge in [0.1, 0.15) is 10.7 Å². The smallest absolute Gasteiger partial charge is 0.263 e. The van der Waals surface area contributed by atoms with Crippen LogP contribution < -0.4 is 16.0 Å². The Kier molecular flexibility index (Phi) is 4.27. The molecule has 0 aliphatic rings. The van der Waals surface area contributed by atoms with Gasteiger partial charge in [-0.25, -0.2) is 13.4 Å². The standard InChI is InChI=1S/C13H16N4O3S/c1-2-7-17-9-10(3-6-13(17)18)16-21(19,20)11-4-5-12(14)15-8-11/h3-6,8-9,16H,2,7H2,1H3,(H2,14,15). The second kappa shape index (κ2) is 5.96. The highest BCUT2D eigenvalue weighted by molar-refractivity contribution is 7.92. The van der Waals surface area contributed by atoms with Crippen LogP contribution in [0.3, 0.4) is 0 Å². The average molecular weight is 308 g/mol. The Hall–Kier alpha value is -2.35. The minimum atomic E-state index is -3.76. The monoisotopic (exact) mass is 308 g/mol. The summed E-state index contributed by atoms with van der Waals surface area (Å²) in [7, 11) is -3.76. The van der Waals surface area contributed by atoms with E-state index in [-0.39, 0.29) is 16.3 Å². The van der Waals surface area contributed by atoms with Crippen LogP contribution in [0.4, 0.5) is 11.5 Å². The fourth-order valence-corrected chi connectivity index (χ4v) is 2.76. The summed E-state index contributed by atoms with van der Waals surface area (Å²) < 4.78 is 28.2. The summed E-state index contributed by atoms with van der Waals surface area (Å²) in [6.07, 6.45) is 3.44. The van der Waals surface area contributed by atoms with E-state index in [0.717, 1.165) is 6.42 Å². The molecule has 0 bridgehead atoms. The number of rotatable bonds is 5. The SMILES string of the molecule is CCCn1cc(NS(=O)(=O)c2ccc(N)nc2)ccc1=O. The Morgan fingerprint density at radius 2 is 2.05 bits per heavy atom. The number of nitrogens with one attached hydrogen (secondary N) is 1. The predicted molar refractivity (Wildman–Crippen MR) is 80.5 cm³/mol. The molecule has 0 unspecified atom stereocenters. The Bertz CT molecular complexity index is 782. The number of hydrogen-bond acceptors (Lipinski definition) is 5. The fraction of sp³-hybridized carbons (Fsp3) is 0.231. The van der Waals surface area contributed by atoms with E-state index in [1.165, 1.54) is 41.2 Å². The van der Waals surface area contributed by atoms with Crippen LogP contribution >= 0.6 is 0 Å². The molecule has 2 rings (SSSR count). The van der Waals surface area contributed by atoms with Gasteiger partial charge < -0.3 is 10.3 Å². The molecule has 8 heteroatoms. The van der Waals surface area contributed by atoms with E-state index in [0.29, 0.717) is 12.2 Å².